The molecule has 1 aliphatic heterocycles. The van der Waals surface area contributed by atoms with Crippen molar-refractivity contribution in [1.29, 1.82) is 0 Å². The minimum absolute atomic E-state index is 0.134. The lowest BCUT2D eigenvalue weighted by molar-refractivity contribution is -0.156. The van der Waals surface area contributed by atoms with Crippen LogP contribution < -0.4 is 15.4 Å². The second-order valence-corrected chi connectivity index (χ2v) is 15.4. The Morgan fingerprint density at radius 3 is 2.46 bits per heavy atom. The van der Waals surface area contributed by atoms with Gasteiger partial charge in [0.25, 0.3) is 5.91 Å². The maximum atomic E-state index is 14.5. The molecule has 13 heteroatoms. The Bertz CT molecular complexity index is 1480. The number of amides is 3. The highest BCUT2D eigenvalue weighted by molar-refractivity contribution is 7.13. The molecule has 2 fully saturated rings. The normalized spacial score (nSPS) is 17.8. The molecule has 2 aliphatic rings. The van der Waals surface area contributed by atoms with Gasteiger partial charge in [0.2, 0.25) is 11.8 Å². The zero-order valence-electron chi connectivity index (χ0n) is 29.1. The number of ether oxygens (including phenoxy) is 3. The highest BCUT2D eigenvalue weighted by atomic mass is 32.1. The van der Waals surface area contributed by atoms with Gasteiger partial charge in [0.1, 0.15) is 30.0 Å². The maximum absolute atomic E-state index is 14.5. The molecule has 0 spiro atoms. The van der Waals surface area contributed by atoms with Crippen LogP contribution in [0.5, 0.6) is 5.75 Å². The molecule has 1 aromatic carbocycles. The predicted molar refractivity (Wildman–Crippen MR) is 180 cm³/mol. The second kappa shape index (κ2) is 15.3. The number of aryl methyl sites for hydroxylation is 1. The Hall–Kier alpha value is -3.58. The first kappa shape index (κ1) is 37.2. The van der Waals surface area contributed by atoms with Gasteiger partial charge in [-0.05, 0) is 70.4 Å². The van der Waals surface area contributed by atoms with Gasteiger partial charge < -0.3 is 29.7 Å². The number of benzene rings is 1. The summed E-state index contributed by atoms with van der Waals surface area (Å²) in [7, 11) is 0. The van der Waals surface area contributed by atoms with Crippen LogP contribution in [0, 0.1) is 12.3 Å². The van der Waals surface area contributed by atoms with E-state index in [0.29, 0.717) is 25.1 Å². The molecule has 48 heavy (non-hydrogen) atoms. The third-order valence-electron chi connectivity index (χ3n) is 8.21. The van der Waals surface area contributed by atoms with Gasteiger partial charge in [0.05, 0.1) is 35.7 Å². The number of likely N-dealkylation sites (tertiary alicyclic amines) is 1. The van der Waals surface area contributed by atoms with Crippen LogP contribution in [0.15, 0.2) is 23.7 Å². The molecule has 2 aromatic rings. The first-order chi connectivity index (χ1) is 22.5. The van der Waals surface area contributed by atoms with Crippen molar-refractivity contribution in [3.8, 4) is 16.2 Å². The topological polar surface area (TPSA) is 136 Å². The van der Waals surface area contributed by atoms with Crippen molar-refractivity contribution in [1.82, 2.24) is 20.5 Å². The highest BCUT2D eigenvalue weighted by Gasteiger charge is 2.53. The quantitative estimate of drug-likeness (QED) is 0.212. The number of aromatic nitrogens is 1. The van der Waals surface area contributed by atoms with Crippen molar-refractivity contribution in [2.75, 3.05) is 26.4 Å². The summed E-state index contributed by atoms with van der Waals surface area (Å²) in [6.45, 7) is 14.0. The highest BCUT2D eigenvalue weighted by Crippen LogP contribution is 2.40. The Morgan fingerprint density at radius 1 is 1.10 bits per heavy atom. The van der Waals surface area contributed by atoms with Gasteiger partial charge in [0, 0.05) is 18.7 Å². The summed E-state index contributed by atoms with van der Waals surface area (Å²) in [6, 6.07) is 4.05. The summed E-state index contributed by atoms with van der Waals surface area (Å²) in [6.07, 6.45) is 1.54. The molecule has 0 radical (unpaired) electrons. The fourth-order valence-electron chi connectivity index (χ4n) is 5.43. The van der Waals surface area contributed by atoms with Gasteiger partial charge in [0.15, 0.2) is 5.67 Å². The van der Waals surface area contributed by atoms with E-state index in [0.717, 1.165) is 21.7 Å². The fraction of sp³-hybridized carbons (Fsp3) is 0.629. The summed E-state index contributed by atoms with van der Waals surface area (Å²) < 4.78 is 31.5. The van der Waals surface area contributed by atoms with E-state index in [1.807, 2.05) is 66.7 Å². The molecule has 2 N–H and O–H groups in total. The maximum Gasteiger partial charge on any atom is 0.308 e. The molecule has 0 bridgehead atoms. The molecule has 0 unspecified atom stereocenters. The number of halogens is 1. The molecule has 11 nitrogen and oxygen atoms in total. The van der Waals surface area contributed by atoms with Gasteiger partial charge in [-0.25, -0.2) is 9.37 Å². The van der Waals surface area contributed by atoms with E-state index < -0.39 is 40.6 Å². The zero-order chi connectivity index (χ0) is 35.3. The van der Waals surface area contributed by atoms with Crippen LogP contribution in [0.3, 0.4) is 0 Å². The van der Waals surface area contributed by atoms with Crippen LogP contribution >= 0.6 is 11.3 Å². The molecule has 264 valence electrons. The van der Waals surface area contributed by atoms with Crippen molar-refractivity contribution in [3.05, 3.63) is 35.0 Å². The molecular weight excluding hydrogens is 639 g/mol. The van der Waals surface area contributed by atoms with Crippen molar-refractivity contribution in [2.24, 2.45) is 5.41 Å². The number of nitrogens with zero attached hydrogens (tertiary/aromatic N) is 2. The largest absolute Gasteiger partial charge is 0.491 e. The third kappa shape index (κ3) is 9.97. The molecule has 2 atom stereocenters. The first-order valence-electron chi connectivity index (χ1n) is 16.5. The summed E-state index contributed by atoms with van der Waals surface area (Å²) in [5.41, 5.74) is 1.18. The van der Waals surface area contributed by atoms with Crippen LogP contribution in [0.2, 0.25) is 0 Å². The number of carbonyl (C=O) groups is 4. The number of hydrogen-bond donors (Lipinski definition) is 2. The van der Waals surface area contributed by atoms with Crippen molar-refractivity contribution in [3.63, 3.8) is 0 Å². The Kier molecular flexibility index (Phi) is 11.9. The standard InChI is InChI=1S/C35H49FN4O7S/c1-22-28(48-21-38-22)23-10-11-24(26(19-23)46-18-17-45-16-12-27(41)47-34(5,6)7)20-37-30(42)25-9-8-15-40(25)31(43)29(33(2,3)4)39-32(44)35(36)13-14-35/h10-11,19,21,25,29H,8-9,12-18,20H2,1-7H3,(H,37,42)(H,39,44)/t25-,29+/m0/s1. The van der Waals surface area contributed by atoms with Crippen molar-refractivity contribution < 1.29 is 37.8 Å². The number of nitrogens with one attached hydrogen (secondary N) is 2. The average Bonchev–Trinajstić information content (AvgIpc) is 3.36. The van der Waals surface area contributed by atoms with Crippen LogP contribution in [-0.2, 0) is 35.2 Å². The molecule has 1 aliphatic carbocycles. The second-order valence-electron chi connectivity index (χ2n) is 14.5. The minimum atomic E-state index is -1.91. The van der Waals surface area contributed by atoms with E-state index in [-0.39, 0.29) is 57.5 Å². The van der Waals surface area contributed by atoms with E-state index in [9.17, 15) is 23.6 Å². The van der Waals surface area contributed by atoms with Gasteiger partial charge in [-0.3, -0.25) is 19.2 Å². The molecule has 1 saturated carbocycles. The Morgan fingerprint density at radius 2 is 1.83 bits per heavy atom. The lowest BCUT2D eigenvalue weighted by Crippen LogP contribution is -2.58. The van der Waals surface area contributed by atoms with E-state index in [1.54, 1.807) is 5.51 Å². The lowest BCUT2D eigenvalue weighted by Gasteiger charge is -2.35. The van der Waals surface area contributed by atoms with Gasteiger partial charge in [-0.2, -0.15) is 0 Å². The number of thiazole rings is 1. The molecule has 4 rings (SSSR count). The summed E-state index contributed by atoms with van der Waals surface area (Å²) in [4.78, 5) is 58.6. The van der Waals surface area contributed by atoms with Crippen molar-refractivity contribution in [2.45, 2.75) is 110 Å². The summed E-state index contributed by atoms with van der Waals surface area (Å²) in [5, 5.41) is 5.61. The summed E-state index contributed by atoms with van der Waals surface area (Å²) >= 11 is 1.52. The molecule has 3 amide bonds. The van der Waals surface area contributed by atoms with E-state index in [4.69, 9.17) is 14.2 Å². The van der Waals surface area contributed by atoms with Crippen LogP contribution in [-0.4, -0.2) is 83.3 Å². The monoisotopic (exact) mass is 688 g/mol. The lowest BCUT2D eigenvalue weighted by atomic mass is 9.85. The van der Waals surface area contributed by atoms with E-state index in [2.05, 4.69) is 15.6 Å². The number of alkyl halides is 1. The third-order valence-corrected chi connectivity index (χ3v) is 9.18. The Labute approximate surface area is 286 Å². The number of carbonyl (C=O) groups excluding carboxylic acids is 4. The number of rotatable bonds is 14. The minimum Gasteiger partial charge on any atom is -0.491 e. The van der Waals surface area contributed by atoms with Crippen molar-refractivity contribution >= 4 is 35.0 Å². The van der Waals surface area contributed by atoms with Gasteiger partial charge >= 0.3 is 5.97 Å². The van der Waals surface area contributed by atoms with Gasteiger partial charge in [-0.1, -0.05) is 32.9 Å². The fourth-order valence-corrected chi connectivity index (χ4v) is 6.23. The molecule has 1 aromatic heterocycles. The average molecular weight is 689 g/mol. The SMILES string of the molecule is Cc1ncsc1-c1ccc(CNC(=O)[C@@H]2CCCN2C(=O)[C@@H](NC(=O)C2(F)CC2)C(C)(C)C)c(OCCOCCC(=O)OC(C)(C)C)c1. The molecule has 1 saturated heterocycles. The zero-order valence-corrected chi connectivity index (χ0v) is 29.9. The Balaban J connectivity index is 1.39. The number of esters is 1. The molecular formula is C35H49FN4O7S. The van der Waals surface area contributed by atoms with Crippen LogP contribution in [0.1, 0.15) is 84.9 Å². The predicted octanol–water partition coefficient (Wildman–Crippen LogP) is 4.89. The van der Waals surface area contributed by atoms with Crippen LogP contribution in [0.25, 0.3) is 10.4 Å². The molecule has 2 heterocycles. The van der Waals surface area contributed by atoms with E-state index in [1.165, 1.54) is 16.2 Å². The summed E-state index contributed by atoms with van der Waals surface area (Å²) in [5.74, 6) is -1.25. The number of hydrogen-bond acceptors (Lipinski definition) is 9. The van der Waals surface area contributed by atoms with Gasteiger partial charge in [-0.15, -0.1) is 11.3 Å². The first-order valence-corrected chi connectivity index (χ1v) is 17.4. The van der Waals surface area contributed by atoms with Crippen LogP contribution in [0.4, 0.5) is 4.39 Å². The smallest absolute Gasteiger partial charge is 0.308 e. The van der Waals surface area contributed by atoms with E-state index >= 15 is 0 Å².